The molecule has 1 amide bonds. The number of halogens is 1. The van der Waals surface area contributed by atoms with Crippen LogP contribution in [0.25, 0.3) is 0 Å². The first-order valence-corrected chi connectivity index (χ1v) is 5.94. The van der Waals surface area contributed by atoms with E-state index < -0.39 is 0 Å². The van der Waals surface area contributed by atoms with E-state index in [4.69, 9.17) is 16.3 Å². The minimum atomic E-state index is -0.0418. The van der Waals surface area contributed by atoms with Gasteiger partial charge in [0.25, 0.3) is 5.91 Å². The zero-order valence-electron chi connectivity index (χ0n) is 8.96. The number of carbonyl (C=O) groups is 1. The second-order valence-electron chi connectivity index (χ2n) is 3.72. The van der Waals surface area contributed by atoms with Crippen LogP contribution in [0.4, 0.5) is 0 Å². The summed E-state index contributed by atoms with van der Waals surface area (Å²) in [4.78, 5) is 11.7. The maximum Gasteiger partial charge on any atom is 0.251 e. The first-order valence-electron chi connectivity index (χ1n) is 5.41. The summed E-state index contributed by atoms with van der Waals surface area (Å²) >= 11 is 5.54. The third-order valence-corrected chi connectivity index (χ3v) is 2.81. The molecule has 16 heavy (non-hydrogen) atoms. The Morgan fingerprint density at radius 2 is 2.38 bits per heavy atom. The summed E-state index contributed by atoms with van der Waals surface area (Å²) in [6.45, 7) is 1.34. The average Bonchev–Trinajstić information content (AvgIpc) is 2.76. The number of fused-ring (bicyclic) bond motifs is 1. The molecule has 1 aromatic carbocycles. The molecule has 0 aliphatic carbocycles. The predicted octanol–water partition coefficient (Wildman–Crippen LogP) is 1.98. The lowest BCUT2D eigenvalue weighted by atomic mass is 10.1. The number of hydrogen-bond acceptors (Lipinski definition) is 2. The highest BCUT2D eigenvalue weighted by molar-refractivity contribution is 6.17. The Bertz CT molecular complexity index is 393. The van der Waals surface area contributed by atoms with Gasteiger partial charge in [0.1, 0.15) is 5.75 Å². The Morgan fingerprint density at radius 1 is 1.50 bits per heavy atom. The molecule has 0 fully saturated rings. The molecule has 2 rings (SSSR count). The average molecular weight is 240 g/mol. The van der Waals surface area contributed by atoms with Crippen LogP contribution in [0, 0.1) is 0 Å². The van der Waals surface area contributed by atoms with E-state index in [9.17, 15) is 4.79 Å². The molecule has 0 saturated carbocycles. The molecule has 0 atom stereocenters. The summed E-state index contributed by atoms with van der Waals surface area (Å²) in [6.07, 6.45) is 1.68. The van der Waals surface area contributed by atoms with Gasteiger partial charge in [-0.2, -0.15) is 0 Å². The van der Waals surface area contributed by atoms with Gasteiger partial charge in [-0.1, -0.05) is 0 Å². The summed E-state index contributed by atoms with van der Waals surface area (Å²) in [6, 6.07) is 5.55. The molecule has 86 valence electrons. The number of amides is 1. The Labute approximate surface area is 99.7 Å². The van der Waals surface area contributed by atoms with Gasteiger partial charge in [0, 0.05) is 24.4 Å². The van der Waals surface area contributed by atoms with E-state index in [0.29, 0.717) is 24.6 Å². The van der Waals surface area contributed by atoms with Crippen molar-refractivity contribution in [3.8, 4) is 5.75 Å². The van der Waals surface area contributed by atoms with Crippen LogP contribution >= 0.6 is 11.6 Å². The second kappa shape index (κ2) is 5.21. The summed E-state index contributed by atoms with van der Waals surface area (Å²) in [5, 5.41) is 2.83. The van der Waals surface area contributed by atoms with Crippen LogP contribution in [0.2, 0.25) is 0 Å². The fraction of sp³-hybridized carbons (Fsp3) is 0.417. The highest BCUT2D eigenvalue weighted by atomic mass is 35.5. The summed E-state index contributed by atoms with van der Waals surface area (Å²) in [7, 11) is 0. The second-order valence-corrected chi connectivity index (χ2v) is 4.10. The van der Waals surface area contributed by atoms with Crippen molar-refractivity contribution in [2.75, 3.05) is 19.0 Å². The lowest BCUT2D eigenvalue weighted by molar-refractivity contribution is 0.0953. The van der Waals surface area contributed by atoms with Crippen LogP contribution in [0.3, 0.4) is 0 Å². The largest absolute Gasteiger partial charge is 0.493 e. The first kappa shape index (κ1) is 11.3. The number of alkyl halides is 1. The van der Waals surface area contributed by atoms with Crippen molar-refractivity contribution in [1.82, 2.24) is 5.32 Å². The SMILES string of the molecule is O=C(NCCCCl)c1ccc2c(c1)CCO2. The van der Waals surface area contributed by atoms with Gasteiger partial charge in [-0.15, -0.1) is 11.6 Å². The van der Waals surface area contributed by atoms with E-state index in [0.717, 1.165) is 24.2 Å². The lowest BCUT2D eigenvalue weighted by Gasteiger charge is -2.05. The molecule has 1 heterocycles. The molecule has 1 aromatic rings. The first-order chi connectivity index (χ1) is 7.81. The van der Waals surface area contributed by atoms with Gasteiger partial charge in [-0.25, -0.2) is 0 Å². The van der Waals surface area contributed by atoms with E-state index in [1.807, 2.05) is 12.1 Å². The molecular weight excluding hydrogens is 226 g/mol. The number of benzene rings is 1. The van der Waals surface area contributed by atoms with Crippen molar-refractivity contribution in [2.45, 2.75) is 12.8 Å². The fourth-order valence-electron chi connectivity index (χ4n) is 1.70. The number of rotatable bonds is 4. The summed E-state index contributed by atoms with van der Waals surface area (Å²) in [5.41, 5.74) is 1.81. The standard InChI is InChI=1S/C12H14ClNO2/c13-5-1-6-14-12(15)10-2-3-11-9(8-10)4-7-16-11/h2-3,8H,1,4-7H2,(H,14,15). The third kappa shape index (κ3) is 2.47. The van der Waals surface area contributed by atoms with Crippen molar-refractivity contribution >= 4 is 17.5 Å². The van der Waals surface area contributed by atoms with E-state index in [1.54, 1.807) is 6.07 Å². The molecule has 0 bridgehead atoms. The van der Waals surface area contributed by atoms with Gasteiger partial charge in [-0.3, -0.25) is 4.79 Å². The molecule has 3 nitrogen and oxygen atoms in total. The minimum absolute atomic E-state index is 0.0418. The van der Waals surface area contributed by atoms with E-state index >= 15 is 0 Å². The van der Waals surface area contributed by atoms with Crippen molar-refractivity contribution < 1.29 is 9.53 Å². The van der Waals surface area contributed by atoms with Gasteiger partial charge >= 0.3 is 0 Å². The third-order valence-electron chi connectivity index (χ3n) is 2.55. The van der Waals surface area contributed by atoms with Crippen molar-refractivity contribution in [3.05, 3.63) is 29.3 Å². The van der Waals surface area contributed by atoms with Crippen LogP contribution < -0.4 is 10.1 Å². The molecule has 0 radical (unpaired) electrons. The van der Waals surface area contributed by atoms with Crippen LogP contribution in [-0.4, -0.2) is 24.9 Å². The van der Waals surface area contributed by atoms with E-state index in [-0.39, 0.29) is 5.91 Å². The van der Waals surface area contributed by atoms with E-state index in [2.05, 4.69) is 5.32 Å². The van der Waals surface area contributed by atoms with Gasteiger partial charge in [0.2, 0.25) is 0 Å². The predicted molar refractivity (Wildman–Crippen MR) is 63.3 cm³/mol. The van der Waals surface area contributed by atoms with Crippen LogP contribution in [0.1, 0.15) is 22.3 Å². The Morgan fingerprint density at radius 3 is 3.19 bits per heavy atom. The number of carbonyl (C=O) groups excluding carboxylic acids is 1. The molecular formula is C12H14ClNO2. The number of nitrogens with one attached hydrogen (secondary N) is 1. The zero-order valence-corrected chi connectivity index (χ0v) is 9.72. The van der Waals surface area contributed by atoms with Crippen molar-refractivity contribution in [1.29, 1.82) is 0 Å². The number of ether oxygens (including phenoxy) is 1. The smallest absolute Gasteiger partial charge is 0.251 e. The molecule has 0 aromatic heterocycles. The summed E-state index contributed by atoms with van der Waals surface area (Å²) in [5.74, 6) is 1.43. The molecule has 1 aliphatic rings. The quantitative estimate of drug-likeness (QED) is 0.645. The Hall–Kier alpha value is -1.22. The Kier molecular flexibility index (Phi) is 3.67. The van der Waals surface area contributed by atoms with Crippen molar-refractivity contribution in [3.63, 3.8) is 0 Å². The molecule has 1 aliphatic heterocycles. The monoisotopic (exact) mass is 239 g/mol. The van der Waals surface area contributed by atoms with Gasteiger partial charge in [0.15, 0.2) is 0 Å². The molecule has 1 N–H and O–H groups in total. The van der Waals surface area contributed by atoms with Crippen LogP contribution in [-0.2, 0) is 6.42 Å². The minimum Gasteiger partial charge on any atom is -0.493 e. The molecule has 0 saturated heterocycles. The van der Waals surface area contributed by atoms with Crippen molar-refractivity contribution in [2.24, 2.45) is 0 Å². The normalized spacial score (nSPS) is 13.1. The van der Waals surface area contributed by atoms with Gasteiger partial charge in [-0.05, 0) is 30.2 Å². The zero-order chi connectivity index (χ0) is 11.4. The molecule has 0 spiro atoms. The fourth-order valence-corrected chi connectivity index (χ4v) is 1.83. The topological polar surface area (TPSA) is 38.3 Å². The number of hydrogen-bond donors (Lipinski definition) is 1. The summed E-state index contributed by atoms with van der Waals surface area (Å²) < 4.78 is 5.38. The van der Waals surface area contributed by atoms with Gasteiger partial charge in [0.05, 0.1) is 6.61 Å². The van der Waals surface area contributed by atoms with E-state index in [1.165, 1.54) is 0 Å². The maximum absolute atomic E-state index is 11.7. The van der Waals surface area contributed by atoms with Crippen LogP contribution in [0.5, 0.6) is 5.75 Å². The lowest BCUT2D eigenvalue weighted by Crippen LogP contribution is -2.24. The highest BCUT2D eigenvalue weighted by Crippen LogP contribution is 2.25. The van der Waals surface area contributed by atoms with Gasteiger partial charge < -0.3 is 10.1 Å². The van der Waals surface area contributed by atoms with Crippen LogP contribution in [0.15, 0.2) is 18.2 Å². The molecule has 4 heteroatoms. The maximum atomic E-state index is 11.7. The molecule has 0 unspecified atom stereocenters. The Balaban J connectivity index is 2.01. The highest BCUT2D eigenvalue weighted by Gasteiger charge is 2.14.